The number of amides is 4. The van der Waals surface area contributed by atoms with Gasteiger partial charge in [0, 0.05) is 31.3 Å². The van der Waals surface area contributed by atoms with Crippen LogP contribution in [-0.4, -0.2) is 70.5 Å². The summed E-state index contributed by atoms with van der Waals surface area (Å²) in [7, 11) is 1.65. The van der Waals surface area contributed by atoms with Crippen LogP contribution in [0.1, 0.15) is 52.9 Å². The molecule has 9 nitrogen and oxygen atoms in total. The molecule has 0 aliphatic carbocycles. The quantitative estimate of drug-likeness (QED) is 0.151. The van der Waals surface area contributed by atoms with Crippen molar-refractivity contribution >= 4 is 48.9 Å². The fraction of sp³-hybridized carbons (Fsp3) is 0.789. The molecule has 1 heterocycles. The van der Waals surface area contributed by atoms with Gasteiger partial charge in [-0.25, -0.2) is 0 Å². The molecule has 4 N–H and O–H groups in total. The maximum absolute atomic E-state index is 12.4. The van der Waals surface area contributed by atoms with Crippen molar-refractivity contribution in [1.82, 2.24) is 15.5 Å². The molecule has 172 valence electrons. The van der Waals surface area contributed by atoms with Crippen LogP contribution >= 0.6 is 25.3 Å². The van der Waals surface area contributed by atoms with Crippen LogP contribution in [0, 0.1) is 0 Å². The Hall–Kier alpha value is -1.30. The van der Waals surface area contributed by atoms with E-state index in [1.807, 2.05) is 13.8 Å². The molecule has 0 aromatic rings. The summed E-state index contributed by atoms with van der Waals surface area (Å²) in [6, 6.07) is -0.515. The second-order valence-corrected chi connectivity index (χ2v) is 9.92. The molecule has 1 saturated heterocycles. The van der Waals surface area contributed by atoms with Gasteiger partial charge < -0.3 is 21.1 Å². The summed E-state index contributed by atoms with van der Waals surface area (Å²) in [5.41, 5.74) is 4.60. The van der Waals surface area contributed by atoms with Crippen LogP contribution in [0.15, 0.2) is 0 Å². The molecular weight excluding hydrogens is 428 g/mol. The fourth-order valence-corrected chi connectivity index (χ4v) is 3.48. The molecule has 3 unspecified atom stereocenters. The highest BCUT2D eigenvalue weighted by Crippen LogP contribution is 2.25. The number of likely N-dealkylation sites (tertiary alicyclic amines) is 1. The number of hydrogen-bond donors (Lipinski definition) is 5. The van der Waals surface area contributed by atoms with Crippen LogP contribution in [0.25, 0.3) is 0 Å². The summed E-state index contributed by atoms with van der Waals surface area (Å²) in [6.07, 6.45) is 1.45. The normalized spacial score (nSPS) is 20.2. The van der Waals surface area contributed by atoms with Crippen LogP contribution in [0.5, 0.6) is 0 Å². The number of imide groups is 1. The molecule has 1 aliphatic rings. The Morgan fingerprint density at radius 1 is 1.30 bits per heavy atom. The van der Waals surface area contributed by atoms with E-state index in [1.165, 1.54) is 4.90 Å². The Morgan fingerprint density at radius 2 is 1.93 bits per heavy atom. The molecular formula is C19H34N4O5S2. The van der Waals surface area contributed by atoms with Crippen molar-refractivity contribution in [1.29, 1.82) is 0 Å². The van der Waals surface area contributed by atoms with Gasteiger partial charge in [0.15, 0.2) is 0 Å². The minimum atomic E-state index is -0.843. The van der Waals surface area contributed by atoms with Crippen molar-refractivity contribution in [3.8, 4) is 0 Å². The van der Waals surface area contributed by atoms with Crippen molar-refractivity contribution in [3.05, 3.63) is 0 Å². The van der Waals surface area contributed by atoms with Gasteiger partial charge in [-0.2, -0.15) is 12.6 Å². The van der Waals surface area contributed by atoms with Crippen LogP contribution in [0.2, 0.25) is 0 Å². The Labute approximate surface area is 189 Å². The SMILES string of the molecule is CNC(CCC(N)=O)C(=O)NC(C)(C)CCOC(C)(S)CCN1C(=O)CC(S)C1=O. The lowest BCUT2D eigenvalue weighted by Crippen LogP contribution is -2.52. The number of primary amides is 1. The molecule has 1 fully saturated rings. The molecule has 0 bridgehead atoms. The van der Waals surface area contributed by atoms with E-state index in [2.05, 4.69) is 35.9 Å². The van der Waals surface area contributed by atoms with E-state index in [9.17, 15) is 19.2 Å². The first-order valence-corrected chi connectivity index (χ1v) is 10.9. The van der Waals surface area contributed by atoms with Gasteiger partial charge in [0.25, 0.3) is 0 Å². The highest BCUT2D eigenvalue weighted by molar-refractivity contribution is 7.82. The van der Waals surface area contributed by atoms with E-state index < -0.39 is 27.7 Å². The largest absolute Gasteiger partial charge is 0.370 e. The van der Waals surface area contributed by atoms with E-state index in [-0.39, 0.29) is 37.1 Å². The summed E-state index contributed by atoms with van der Waals surface area (Å²) in [5, 5.41) is 5.26. The molecule has 11 heteroatoms. The van der Waals surface area contributed by atoms with Gasteiger partial charge in [-0.05, 0) is 40.7 Å². The van der Waals surface area contributed by atoms with Gasteiger partial charge in [0.05, 0.1) is 17.9 Å². The summed E-state index contributed by atoms with van der Waals surface area (Å²) in [5.74, 6) is -1.19. The molecule has 3 atom stereocenters. The average Bonchev–Trinajstić information content (AvgIpc) is 2.84. The third-order valence-electron chi connectivity index (χ3n) is 4.97. The maximum atomic E-state index is 12.4. The van der Waals surface area contributed by atoms with Crippen molar-refractivity contribution in [2.24, 2.45) is 5.73 Å². The van der Waals surface area contributed by atoms with Gasteiger partial charge >= 0.3 is 0 Å². The molecule has 0 radical (unpaired) electrons. The molecule has 30 heavy (non-hydrogen) atoms. The van der Waals surface area contributed by atoms with Crippen LogP contribution < -0.4 is 16.4 Å². The Kier molecular flexibility index (Phi) is 10.1. The zero-order valence-corrected chi connectivity index (χ0v) is 19.9. The number of rotatable bonds is 13. The highest BCUT2D eigenvalue weighted by Gasteiger charge is 2.37. The molecule has 1 rings (SSSR count). The van der Waals surface area contributed by atoms with E-state index in [1.54, 1.807) is 14.0 Å². The van der Waals surface area contributed by atoms with Crippen LogP contribution in [0.4, 0.5) is 0 Å². The summed E-state index contributed by atoms with van der Waals surface area (Å²) in [6.45, 7) is 6.05. The molecule has 1 aliphatic heterocycles. The van der Waals surface area contributed by atoms with E-state index in [0.29, 0.717) is 25.9 Å². The van der Waals surface area contributed by atoms with Gasteiger partial charge in [-0.15, -0.1) is 12.6 Å². The predicted octanol–water partition coefficient (Wildman–Crippen LogP) is 0.235. The van der Waals surface area contributed by atoms with Gasteiger partial charge in [-0.3, -0.25) is 24.1 Å². The number of nitrogens with zero attached hydrogens (tertiary/aromatic N) is 1. The van der Waals surface area contributed by atoms with E-state index >= 15 is 0 Å². The Bertz CT molecular complexity index is 657. The van der Waals surface area contributed by atoms with Crippen LogP contribution in [0.3, 0.4) is 0 Å². The minimum Gasteiger partial charge on any atom is -0.370 e. The lowest BCUT2D eigenvalue weighted by atomic mass is 9.99. The Morgan fingerprint density at radius 3 is 2.43 bits per heavy atom. The van der Waals surface area contributed by atoms with Crippen molar-refractivity contribution in [2.75, 3.05) is 20.2 Å². The number of nitrogens with two attached hydrogens (primary N) is 1. The van der Waals surface area contributed by atoms with Crippen molar-refractivity contribution in [2.45, 2.75) is 74.6 Å². The second kappa shape index (κ2) is 11.4. The predicted molar refractivity (Wildman–Crippen MR) is 120 cm³/mol. The summed E-state index contributed by atoms with van der Waals surface area (Å²) in [4.78, 5) is 47.5. The van der Waals surface area contributed by atoms with Crippen LogP contribution in [-0.2, 0) is 23.9 Å². The number of thiol groups is 2. The number of likely N-dealkylation sites (N-methyl/N-ethyl adjacent to an activating group) is 1. The number of carbonyl (C=O) groups is 4. The standard InChI is InChI=1S/C19H34N4O5S2/c1-18(2,22-16(26)12(21-4)5-6-14(20)24)8-10-28-19(3,30)7-9-23-15(25)11-13(29)17(23)27/h12-13,21,29-30H,5-11H2,1-4H3,(H2,20,24)(H,22,26). The topological polar surface area (TPSA) is 131 Å². The third-order valence-corrected chi connectivity index (χ3v) is 5.72. The average molecular weight is 463 g/mol. The minimum absolute atomic E-state index is 0.118. The first-order chi connectivity index (χ1) is 13.8. The smallest absolute Gasteiger partial charge is 0.242 e. The number of ether oxygens (including phenoxy) is 1. The van der Waals surface area contributed by atoms with Gasteiger partial charge in [0.1, 0.15) is 4.93 Å². The first-order valence-electron chi connectivity index (χ1n) is 9.94. The third kappa shape index (κ3) is 8.83. The number of hydrogen-bond acceptors (Lipinski definition) is 8. The summed E-state index contributed by atoms with van der Waals surface area (Å²) < 4.78 is 5.84. The molecule has 0 spiro atoms. The Balaban J connectivity index is 2.45. The molecule has 4 amide bonds. The maximum Gasteiger partial charge on any atom is 0.242 e. The second-order valence-electron chi connectivity index (χ2n) is 8.35. The monoisotopic (exact) mass is 462 g/mol. The lowest BCUT2D eigenvalue weighted by molar-refractivity contribution is -0.138. The molecule has 0 saturated carbocycles. The first kappa shape index (κ1) is 26.7. The zero-order valence-electron chi connectivity index (χ0n) is 18.1. The fourth-order valence-electron chi connectivity index (χ4n) is 2.99. The number of nitrogens with one attached hydrogen (secondary N) is 2. The zero-order chi connectivity index (χ0) is 23.1. The van der Waals surface area contributed by atoms with E-state index in [4.69, 9.17) is 10.5 Å². The highest BCUT2D eigenvalue weighted by atomic mass is 32.1. The number of carbonyl (C=O) groups excluding carboxylic acids is 4. The van der Waals surface area contributed by atoms with Crippen molar-refractivity contribution < 1.29 is 23.9 Å². The molecule has 0 aromatic heterocycles. The van der Waals surface area contributed by atoms with Gasteiger partial charge in [-0.1, -0.05) is 0 Å². The lowest BCUT2D eigenvalue weighted by Gasteiger charge is -2.31. The summed E-state index contributed by atoms with van der Waals surface area (Å²) >= 11 is 8.61. The van der Waals surface area contributed by atoms with E-state index in [0.717, 1.165) is 0 Å². The molecule has 0 aromatic carbocycles. The van der Waals surface area contributed by atoms with Gasteiger partial charge in [0.2, 0.25) is 23.6 Å². The van der Waals surface area contributed by atoms with Crippen molar-refractivity contribution in [3.63, 3.8) is 0 Å².